The van der Waals surface area contributed by atoms with E-state index < -0.39 is 0 Å². The molecule has 0 radical (unpaired) electrons. The van der Waals surface area contributed by atoms with Crippen molar-refractivity contribution in [2.75, 3.05) is 5.32 Å². The van der Waals surface area contributed by atoms with Gasteiger partial charge in [-0.15, -0.1) is 0 Å². The number of benzene rings is 2. The topological polar surface area (TPSA) is 71.1 Å². The van der Waals surface area contributed by atoms with Crippen LogP contribution in [-0.4, -0.2) is 16.7 Å². The van der Waals surface area contributed by atoms with Crippen molar-refractivity contribution < 1.29 is 9.59 Å². The van der Waals surface area contributed by atoms with E-state index in [-0.39, 0.29) is 17.6 Å². The van der Waals surface area contributed by atoms with Gasteiger partial charge in [-0.3, -0.25) is 14.9 Å². The van der Waals surface area contributed by atoms with Gasteiger partial charge in [0, 0.05) is 39.4 Å². The summed E-state index contributed by atoms with van der Waals surface area (Å²) in [5.41, 5.74) is 5.96. The van der Waals surface area contributed by atoms with Crippen LogP contribution in [0.15, 0.2) is 69.5 Å². The average molecular weight is 508 g/mol. The molecule has 0 spiro atoms. The van der Waals surface area contributed by atoms with E-state index in [2.05, 4.69) is 31.5 Å². The Morgan fingerprint density at radius 1 is 1.16 bits per heavy atom. The predicted molar refractivity (Wildman–Crippen MR) is 132 cm³/mol. The first-order valence-electron chi connectivity index (χ1n) is 10.6. The van der Waals surface area contributed by atoms with Crippen LogP contribution in [-0.2, 0) is 9.59 Å². The number of allylic oxidation sites excluding steroid dienone is 3. The summed E-state index contributed by atoms with van der Waals surface area (Å²) in [5.74, 6) is -0.501. The number of carbonyl (C=O) groups excluding carboxylic acids is 2. The van der Waals surface area contributed by atoms with Crippen molar-refractivity contribution in [1.82, 2.24) is 10.3 Å². The second kappa shape index (κ2) is 8.30. The molecular weight excluding hydrogens is 486 g/mol. The number of rotatable bonds is 3. The number of hydrogen-bond donors (Lipinski definition) is 2. The van der Waals surface area contributed by atoms with Gasteiger partial charge < -0.3 is 5.32 Å². The number of anilines is 1. The molecule has 0 bridgehead atoms. The zero-order chi connectivity index (χ0) is 22.4. The third kappa shape index (κ3) is 3.80. The van der Waals surface area contributed by atoms with Crippen molar-refractivity contribution in [2.45, 2.75) is 39.0 Å². The molecule has 5 rings (SSSR count). The van der Waals surface area contributed by atoms with Crippen molar-refractivity contribution in [3.05, 3.63) is 80.6 Å². The molecule has 2 N–H and O–H groups in total. The maximum Gasteiger partial charge on any atom is 0.256 e. The minimum atomic E-state index is -0.386. The number of ketones is 1. The van der Waals surface area contributed by atoms with E-state index in [0.717, 1.165) is 55.6 Å². The summed E-state index contributed by atoms with van der Waals surface area (Å²) in [6.45, 7) is 3.94. The summed E-state index contributed by atoms with van der Waals surface area (Å²) in [6.07, 6.45) is 2.17. The molecule has 1 unspecified atom stereocenters. The van der Waals surface area contributed by atoms with Crippen LogP contribution in [0.4, 0.5) is 5.13 Å². The van der Waals surface area contributed by atoms with Crippen molar-refractivity contribution in [1.29, 1.82) is 0 Å². The molecule has 1 amide bonds. The van der Waals surface area contributed by atoms with Gasteiger partial charge in [0.1, 0.15) is 0 Å². The van der Waals surface area contributed by atoms with Crippen LogP contribution in [0.25, 0.3) is 10.2 Å². The Labute approximate surface area is 198 Å². The first-order chi connectivity index (χ1) is 15.4. The molecule has 2 aliphatic rings. The molecule has 2 heterocycles. The number of halogens is 1. The first kappa shape index (κ1) is 21.1. The zero-order valence-electron chi connectivity index (χ0n) is 17.8. The van der Waals surface area contributed by atoms with Gasteiger partial charge in [-0.2, -0.15) is 0 Å². The fourth-order valence-electron chi connectivity index (χ4n) is 4.49. The van der Waals surface area contributed by atoms with E-state index in [1.165, 1.54) is 11.3 Å². The van der Waals surface area contributed by atoms with Crippen LogP contribution in [0.3, 0.4) is 0 Å². The van der Waals surface area contributed by atoms with Gasteiger partial charge in [0.05, 0.1) is 10.2 Å². The molecule has 162 valence electrons. The van der Waals surface area contributed by atoms with Crippen LogP contribution < -0.4 is 10.6 Å². The maximum absolute atomic E-state index is 13.6. The highest BCUT2D eigenvalue weighted by Crippen LogP contribution is 2.42. The molecule has 3 aromatic rings. The summed E-state index contributed by atoms with van der Waals surface area (Å²) in [4.78, 5) is 31.1. The van der Waals surface area contributed by atoms with E-state index in [1.54, 1.807) is 0 Å². The van der Waals surface area contributed by atoms with Gasteiger partial charge in [0.2, 0.25) is 0 Å². The minimum Gasteiger partial charge on any atom is -0.362 e. The smallest absolute Gasteiger partial charge is 0.256 e. The Morgan fingerprint density at radius 3 is 2.72 bits per heavy atom. The molecule has 2 aromatic carbocycles. The number of hydrogen-bond acceptors (Lipinski definition) is 5. The van der Waals surface area contributed by atoms with E-state index in [0.29, 0.717) is 17.1 Å². The Hall–Kier alpha value is -2.77. The number of fused-ring (bicyclic) bond motifs is 1. The molecular formula is C25H22BrN3O2S. The second-order valence-corrected chi connectivity index (χ2v) is 10.2. The van der Waals surface area contributed by atoms with Gasteiger partial charge in [-0.25, -0.2) is 4.98 Å². The predicted octanol–water partition coefficient (Wildman–Crippen LogP) is 5.97. The fourth-order valence-corrected chi connectivity index (χ4v) is 5.91. The summed E-state index contributed by atoms with van der Waals surface area (Å²) >= 11 is 4.91. The SMILES string of the molecule is CC1=C(C(=O)Nc2nc3ccc(Br)cc3s2)C(c2ccc(C)cc2)C2=C(CCCC2=O)N1. The minimum absolute atomic E-state index is 0.118. The average Bonchev–Trinajstić information content (AvgIpc) is 3.14. The standard InChI is InChI=1S/C25H22BrN3O2S/c1-13-6-8-15(9-7-13)22-21(14(2)27-18-4-3-5-19(30)23(18)22)24(31)29-25-28-17-11-10-16(26)12-20(17)32-25/h6-12,22,27H,3-5H2,1-2H3,(H,28,29,31). The van der Waals surface area contributed by atoms with Crippen molar-refractivity contribution >= 4 is 54.3 Å². The lowest BCUT2D eigenvalue weighted by atomic mass is 9.75. The molecule has 1 aliphatic carbocycles. The first-order valence-corrected chi connectivity index (χ1v) is 12.2. The van der Waals surface area contributed by atoms with Gasteiger partial charge in [0.15, 0.2) is 10.9 Å². The monoisotopic (exact) mass is 507 g/mol. The number of Topliss-reactive ketones (excluding diaryl/α,β-unsaturated/α-hetero) is 1. The van der Waals surface area contributed by atoms with E-state index in [4.69, 9.17) is 0 Å². The second-order valence-electron chi connectivity index (χ2n) is 8.26. The zero-order valence-corrected chi connectivity index (χ0v) is 20.2. The summed E-state index contributed by atoms with van der Waals surface area (Å²) < 4.78 is 1.96. The van der Waals surface area contributed by atoms with Crippen LogP contribution in [0.1, 0.15) is 43.2 Å². The highest BCUT2D eigenvalue weighted by molar-refractivity contribution is 9.10. The molecule has 1 atom stereocenters. The van der Waals surface area contributed by atoms with E-state index >= 15 is 0 Å². The Kier molecular flexibility index (Phi) is 5.47. The van der Waals surface area contributed by atoms with Crippen molar-refractivity contribution in [3.8, 4) is 0 Å². The number of carbonyl (C=O) groups is 2. The molecule has 1 aliphatic heterocycles. The number of nitrogens with one attached hydrogen (secondary N) is 2. The third-order valence-electron chi connectivity index (χ3n) is 6.00. The van der Waals surface area contributed by atoms with Gasteiger partial charge in [0.25, 0.3) is 5.91 Å². The number of thiazole rings is 1. The molecule has 5 nitrogen and oxygen atoms in total. The number of amides is 1. The van der Waals surface area contributed by atoms with Gasteiger partial charge in [-0.1, -0.05) is 57.1 Å². The lowest BCUT2D eigenvalue weighted by Gasteiger charge is -2.34. The molecule has 0 saturated heterocycles. The fraction of sp³-hybridized carbons (Fsp3) is 0.240. The number of aryl methyl sites for hydroxylation is 1. The Balaban J connectivity index is 1.55. The third-order valence-corrected chi connectivity index (χ3v) is 7.43. The summed E-state index contributed by atoms with van der Waals surface area (Å²) in [7, 11) is 0. The van der Waals surface area contributed by atoms with E-state index in [1.807, 2.05) is 56.3 Å². The number of aromatic nitrogens is 1. The largest absolute Gasteiger partial charge is 0.362 e. The van der Waals surface area contributed by atoms with Crippen LogP contribution in [0.5, 0.6) is 0 Å². The van der Waals surface area contributed by atoms with E-state index in [9.17, 15) is 9.59 Å². The molecule has 0 fully saturated rings. The highest BCUT2D eigenvalue weighted by atomic mass is 79.9. The maximum atomic E-state index is 13.6. The quantitative estimate of drug-likeness (QED) is 0.457. The van der Waals surface area contributed by atoms with Crippen molar-refractivity contribution in [3.63, 3.8) is 0 Å². The highest BCUT2D eigenvalue weighted by Gasteiger charge is 2.38. The normalized spacial score (nSPS) is 18.6. The Morgan fingerprint density at radius 2 is 1.94 bits per heavy atom. The number of dihydropyridines is 1. The Bertz CT molecular complexity index is 1320. The lowest BCUT2D eigenvalue weighted by molar-refractivity contribution is -0.116. The molecule has 1 aromatic heterocycles. The summed E-state index contributed by atoms with van der Waals surface area (Å²) in [6, 6.07) is 13.9. The van der Waals surface area contributed by atoms with Gasteiger partial charge >= 0.3 is 0 Å². The lowest BCUT2D eigenvalue weighted by Crippen LogP contribution is -2.35. The van der Waals surface area contributed by atoms with Crippen LogP contribution in [0, 0.1) is 6.92 Å². The number of nitrogens with zero attached hydrogens (tertiary/aromatic N) is 1. The summed E-state index contributed by atoms with van der Waals surface area (Å²) in [5, 5.41) is 6.90. The molecule has 0 saturated carbocycles. The molecule has 32 heavy (non-hydrogen) atoms. The van der Waals surface area contributed by atoms with Gasteiger partial charge in [-0.05, 0) is 50.5 Å². The molecule has 7 heteroatoms. The van der Waals surface area contributed by atoms with Crippen LogP contribution >= 0.6 is 27.3 Å². The van der Waals surface area contributed by atoms with Crippen molar-refractivity contribution in [2.24, 2.45) is 0 Å². The van der Waals surface area contributed by atoms with Crippen LogP contribution in [0.2, 0.25) is 0 Å².